The van der Waals surface area contributed by atoms with Gasteiger partial charge in [-0.1, -0.05) is 23.7 Å². The summed E-state index contributed by atoms with van der Waals surface area (Å²) >= 11 is 5.89. The summed E-state index contributed by atoms with van der Waals surface area (Å²) in [5.41, 5.74) is 1.12. The lowest BCUT2D eigenvalue weighted by atomic mass is 10.0. The van der Waals surface area contributed by atoms with E-state index in [0.29, 0.717) is 22.8 Å². The molecule has 2 aromatic rings. The van der Waals surface area contributed by atoms with Crippen molar-refractivity contribution < 1.29 is 32.5 Å². The number of halogens is 4. The number of carbonyl (C=O) groups excluding carboxylic acids is 1. The summed E-state index contributed by atoms with van der Waals surface area (Å²) in [6, 6.07) is 8.10. The van der Waals surface area contributed by atoms with E-state index in [9.17, 15) is 18.0 Å². The van der Waals surface area contributed by atoms with Gasteiger partial charge in [0.25, 0.3) is 5.91 Å². The van der Waals surface area contributed by atoms with E-state index in [0.717, 1.165) is 0 Å². The molecule has 1 heterocycles. The molecule has 6 nitrogen and oxygen atoms in total. The number of hydrogen-bond donors (Lipinski definition) is 2. The van der Waals surface area contributed by atoms with E-state index >= 15 is 0 Å². The largest absolute Gasteiger partial charge is 0.475 e. The maximum Gasteiger partial charge on any atom is 0.416 e. The quantitative estimate of drug-likeness (QED) is 0.644. The van der Waals surface area contributed by atoms with E-state index < -0.39 is 24.7 Å². The maximum atomic E-state index is 12.4. The zero-order valence-corrected chi connectivity index (χ0v) is 15.5. The Morgan fingerprint density at radius 1 is 1.29 bits per heavy atom. The van der Waals surface area contributed by atoms with Crippen molar-refractivity contribution in [2.75, 3.05) is 26.9 Å². The van der Waals surface area contributed by atoms with Gasteiger partial charge in [0.05, 0.1) is 18.7 Å². The number of aliphatic hydroxyl groups excluding tert-OH is 1. The van der Waals surface area contributed by atoms with E-state index in [2.05, 4.69) is 4.98 Å². The van der Waals surface area contributed by atoms with Crippen LogP contribution in [-0.2, 0) is 4.74 Å². The second kappa shape index (κ2) is 9.72. The summed E-state index contributed by atoms with van der Waals surface area (Å²) in [5.74, 6) is -0.583. The molecule has 2 N–H and O–H groups in total. The second-order valence-corrected chi connectivity index (χ2v) is 6.13. The SMILES string of the molecule is COCCOc1ncc(C(=O)NCC(O)C(F)(F)F)cc1-c1ccc(Cl)cc1. The molecule has 0 fully saturated rings. The lowest BCUT2D eigenvalue weighted by Crippen LogP contribution is -2.40. The fraction of sp³-hybridized carbons (Fsp3) is 0.333. The van der Waals surface area contributed by atoms with Crippen molar-refractivity contribution in [3.63, 3.8) is 0 Å². The average molecular weight is 419 g/mol. The van der Waals surface area contributed by atoms with Gasteiger partial charge >= 0.3 is 6.18 Å². The first-order valence-corrected chi connectivity index (χ1v) is 8.51. The molecule has 0 spiro atoms. The minimum absolute atomic E-state index is 0.0124. The average Bonchev–Trinajstić information content (AvgIpc) is 2.66. The number of nitrogens with zero attached hydrogens (tertiary/aromatic N) is 1. The number of nitrogens with one attached hydrogen (secondary N) is 1. The number of aromatic nitrogens is 1. The molecular weight excluding hydrogens is 401 g/mol. The van der Waals surface area contributed by atoms with Crippen LogP contribution in [0.3, 0.4) is 0 Å². The highest BCUT2D eigenvalue weighted by molar-refractivity contribution is 6.30. The van der Waals surface area contributed by atoms with Crippen LogP contribution in [0, 0.1) is 0 Å². The Kier molecular flexibility index (Phi) is 7.61. The van der Waals surface area contributed by atoms with E-state index in [1.807, 2.05) is 5.32 Å². The number of ether oxygens (including phenoxy) is 2. The van der Waals surface area contributed by atoms with Gasteiger partial charge in [-0.05, 0) is 23.8 Å². The van der Waals surface area contributed by atoms with Gasteiger partial charge in [0.1, 0.15) is 6.61 Å². The molecule has 0 aliphatic carbocycles. The van der Waals surface area contributed by atoms with Gasteiger partial charge in [-0.15, -0.1) is 0 Å². The molecule has 1 atom stereocenters. The van der Waals surface area contributed by atoms with Crippen LogP contribution in [0.4, 0.5) is 13.2 Å². The summed E-state index contributed by atoms with van der Waals surface area (Å²) in [5, 5.41) is 11.5. The number of alkyl halides is 3. The van der Waals surface area contributed by atoms with Gasteiger partial charge in [-0.25, -0.2) is 4.98 Å². The number of hydrogen-bond acceptors (Lipinski definition) is 5. The van der Waals surface area contributed by atoms with Crippen LogP contribution in [0.25, 0.3) is 11.1 Å². The molecule has 28 heavy (non-hydrogen) atoms. The number of benzene rings is 1. The zero-order valence-electron chi connectivity index (χ0n) is 14.8. The summed E-state index contributed by atoms with van der Waals surface area (Å²) in [6.07, 6.45) is -6.30. The van der Waals surface area contributed by atoms with Crippen LogP contribution < -0.4 is 10.1 Å². The van der Waals surface area contributed by atoms with Gasteiger partial charge in [0.15, 0.2) is 6.10 Å². The minimum atomic E-state index is -4.82. The fourth-order valence-electron chi connectivity index (χ4n) is 2.16. The fourth-order valence-corrected chi connectivity index (χ4v) is 2.28. The number of amides is 1. The lowest BCUT2D eigenvalue weighted by molar-refractivity contribution is -0.201. The van der Waals surface area contributed by atoms with Gasteiger partial charge in [-0.3, -0.25) is 4.79 Å². The van der Waals surface area contributed by atoms with Crippen molar-refractivity contribution in [3.8, 4) is 17.0 Å². The van der Waals surface area contributed by atoms with Crippen molar-refractivity contribution in [1.29, 1.82) is 0 Å². The predicted molar refractivity (Wildman–Crippen MR) is 96.4 cm³/mol. The third-order valence-corrected chi connectivity index (χ3v) is 3.88. The molecule has 1 aromatic heterocycles. The van der Waals surface area contributed by atoms with Gasteiger partial charge in [0, 0.05) is 23.9 Å². The Labute approximate surface area is 164 Å². The number of aliphatic hydroxyl groups is 1. The van der Waals surface area contributed by atoms with E-state index in [4.69, 9.17) is 26.2 Å². The summed E-state index contributed by atoms with van der Waals surface area (Å²) in [6.45, 7) is -0.433. The van der Waals surface area contributed by atoms with E-state index in [-0.39, 0.29) is 18.1 Å². The van der Waals surface area contributed by atoms with Gasteiger partial charge < -0.3 is 19.9 Å². The summed E-state index contributed by atoms with van der Waals surface area (Å²) in [4.78, 5) is 16.3. The van der Waals surface area contributed by atoms with E-state index in [1.165, 1.54) is 19.4 Å². The van der Waals surface area contributed by atoms with Crippen LogP contribution in [0.2, 0.25) is 5.02 Å². The van der Waals surface area contributed by atoms with Crippen molar-refractivity contribution in [3.05, 3.63) is 47.1 Å². The number of rotatable bonds is 8. The van der Waals surface area contributed by atoms with E-state index in [1.54, 1.807) is 24.3 Å². The van der Waals surface area contributed by atoms with Crippen LogP contribution in [0.15, 0.2) is 36.5 Å². The Hall–Kier alpha value is -2.36. The molecule has 0 saturated carbocycles. The Bertz CT molecular complexity index is 800. The van der Waals surface area contributed by atoms with Crippen LogP contribution in [-0.4, -0.2) is 55.1 Å². The van der Waals surface area contributed by atoms with Crippen molar-refractivity contribution in [1.82, 2.24) is 10.3 Å². The molecule has 10 heteroatoms. The van der Waals surface area contributed by atoms with Gasteiger partial charge in [0.2, 0.25) is 5.88 Å². The molecule has 0 radical (unpaired) electrons. The van der Waals surface area contributed by atoms with Crippen molar-refractivity contribution in [2.45, 2.75) is 12.3 Å². The van der Waals surface area contributed by atoms with Crippen molar-refractivity contribution >= 4 is 17.5 Å². The smallest absolute Gasteiger partial charge is 0.416 e. The molecule has 1 aromatic carbocycles. The third-order valence-electron chi connectivity index (χ3n) is 3.63. The first kappa shape index (κ1) is 21.9. The molecular formula is C18H18ClF3N2O4. The number of carbonyl (C=O) groups is 1. The highest BCUT2D eigenvalue weighted by Crippen LogP contribution is 2.30. The molecule has 2 rings (SSSR count). The lowest BCUT2D eigenvalue weighted by Gasteiger charge is -2.16. The van der Waals surface area contributed by atoms with Crippen LogP contribution >= 0.6 is 11.6 Å². The first-order valence-electron chi connectivity index (χ1n) is 8.13. The summed E-state index contributed by atoms with van der Waals surface area (Å²) in [7, 11) is 1.51. The Morgan fingerprint density at radius 3 is 2.57 bits per heavy atom. The number of pyridine rings is 1. The first-order chi connectivity index (χ1) is 13.2. The standard InChI is InChI=1S/C18H18ClF3N2O4/c1-27-6-7-28-17-14(11-2-4-13(19)5-3-11)8-12(9-24-17)16(26)23-10-15(25)18(20,21)22/h2-5,8-9,15,25H,6-7,10H2,1H3,(H,23,26). The van der Waals surface area contributed by atoms with Crippen molar-refractivity contribution in [2.24, 2.45) is 0 Å². The monoisotopic (exact) mass is 418 g/mol. The maximum absolute atomic E-state index is 12.4. The number of methoxy groups -OCH3 is 1. The predicted octanol–water partition coefficient (Wildman–Crippen LogP) is 3.08. The Balaban J connectivity index is 2.25. The Morgan fingerprint density at radius 2 is 1.96 bits per heavy atom. The molecule has 1 unspecified atom stereocenters. The highest BCUT2D eigenvalue weighted by atomic mass is 35.5. The molecule has 0 aliphatic rings. The molecule has 1 amide bonds. The second-order valence-electron chi connectivity index (χ2n) is 5.69. The van der Waals surface area contributed by atoms with Crippen LogP contribution in [0.5, 0.6) is 5.88 Å². The molecule has 0 saturated heterocycles. The topological polar surface area (TPSA) is 80.7 Å². The molecule has 152 valence electrons. The zero-order chi connectivity index (χ0) is 20.7. The molecule has 0 aliphatic heterocycles. The van der Waals surface area contributed by atoms with Crippen LogP contribution in [0.1, 0.15) is 10.4 Å². The highest BCUT2D eigenvalue weighted by Gasteiger charge is 2.38. The minimum Gasteiger partial charge on any atom is -0.475 e. The van der Waals surface area contributed by atoms with Gasteiger partial charge in [-0.2, -0.15) is 13.2 Å². The molecule has 0 bridgehead atoms. The normalized spacial score (nSPS) is 12.5. The third kappa shape index (κ3) is 6.08. The summed E-state index contributed by atoms with van der Waals surface area (Å²) < 4.78 is 47.6.